The SMILES string of the molecule is O=C(O)c1cncc(Oc2ccc(F)c(Cl)c2)c1. The number of hydrogen-bond acceptors (Lipinski definition) is 3. The summed E-state index contributed by atoms with van der Waals surface area (Å²) in [5, 5.41) is 8.72. The zero-order chi connectivity index (χ0) is 13.1. The summed E-state index contributed by atoms with van der Waals surface area (Å²) in [6.45, 7) is 0. The van der Waals surface area contributed by atoms with Crippen LogP contribution in [0.4, 0.5) is 4.39 Å². The minimum atomic E-state index is -1.11. The summed E-state index contributed by atoms with van der Waals surface area (Å²) in [5.74, 6) is -1.13. The van der Waals surface area contributed by atoms with Crippen molar-refractivity contribution < 1.29 is 19.0 Å². The van der Waals surface area contributed by atoms with Crippen LogP contribution < -0.4 is 4.74 Å². The third-order valence-electron chi connectivity index (χ3n) is 2.09. The molecule has 0 aliphatic rings. The molecule has 0 spiro atoms. The van der Waals surface area contributed by atoms with Crippen LogP contribution in [0.15, 0.2) is 36.7 Å². The fourth-order valence-electron chi connectivity index (χ4n) is 1.27. The maximum absolute atomic E-state index is 12.9. The largest absolute Gasteiger partial charge is 0.478 e. The Balaban J connectivity index is 2.25. The van der Waals surface area contributed by atoms with Gasteiger partial charge in [0.2, 0.25) is 0 Å². The first-order chi connectivity index (χ1) is 8.56. The second kappa shape index (κ2) is 5.01. The molecule has 0 amide bonds. The monoisotopic (exact) mass is 267 g/mol. The van der Waals surface area contributed by atoms with Gasteiger partial charge in [0, 0.05) is 12.3 Å². The Labute approximate surface area is 107 Å². The number of halogens is 2. The summed E-state index contributed by atoms with van der Waals surface area (Å²) in [5.41, 5.74) is 0.000656. The van der Waals surface area contributed by atoms with Crippen LogP contribution in [0.5, 0.6) is 11.5 Å². The highest BCUT2D eigenvalue weighted by molar-refractivity contribution is 6.30. The molecular weight excluding hydrogens is 261 g/mol. The number of aromatic carboxylic acids is 1. The molecule has 1 heterocycles. The highest BCUT2D eigenvalue weighted by Gasteiger charge is 2.07. The van der Waals surface area contributed by atoms with E-state index in [0.29, 0.717) is 5.75 Å². The van der Waals surface area contributed by atoms with Crippen LogP contribution in [-0.2, 0) is 0 Å². The highest BCUT2D eigenvalue weighted by atomic mass is 35.5. The van der Waals surface area contributed by atoms with Crippen molar-refractivity contribution in [1.29, 1.82) is 0 Å². The quantitative estimate of drug-likeness (QED) is 0.926. The maximum atomic E-state index is 12.9. The van der Waals surface area contributed by atoms with Crippen LogP contribution in [-0.4, -0.2) is 16.1 Å². The number of ether oxygens (including phenoxy) is 1. The lowest BCUT2D eigenvalue weighted by molar-refractivity contribution is 0.0696. The smallest absolute Gasteiger partial charge is 0.337 e. The Morgan fingerprint density at radius 2 is 2.06 bits per heavy atom. The molecule has 0 radical (unpaired) electrons. The minimum absolute atomic E-state index is 0.000656. The molecule has 0 bridgehead atoms. The molecule has 92 valence electrons. The zero-order valence-corrected chi connectivity index (χ0v) is 9.69. The van der Waals surface area contributed by atoms with Crippen LogP contribution in [0, 0.1) is 5.82 Å². The van der Waals surface area contributed by atoms with E-state index in [1.807, 2.05) is 0 Å². The zero-order valence-electron chi connectivity index (χ0n) is 8.93. The molecule has 4 nitrogen and oxygen atoms in total. The van der Waals surface area contributed by atoms with Crippen molar-refractivity contribution in [2.45, 2.75) is 0 Å². The fourth-order valence-corrected chi connectivity index (χ4v) is 1.44. The van der Waals surface area contributed by atoms with Gasteiger partial charge in [-0.05, 0) is 18.2 Å². The Kier molecular flexibility index (Phi) is 3.43. The molecule has 0 unspecified atom stereocenters. The summed E-state index contributed by atoms with van der Waals surface area (Å²) in [4.78, 5) is 14.5. The van der Waals surface area contributed by atoms with E-state index in [-0.39, 0.29) is 16.3 Å². The van der Waals surface area contributed by atoms with Gasteiger partial charge >= 0.3 is 5.97 Å². The number of rotatable bonds is 3. The van der Waals surface area contributed by atoms with Crippen molar-refractivity contribution in [3.63, 3.8) is 0 Å². The number of nitrogens with zero attached hydrogens (tertiary/aromatic N) is 1. The molecule has 1 aromatic heterocycles. The normalized spacial score (nSPS) is 10.1. The van der Waals surface area contributed by atoms with Gasteiger partial charge in [-0.1, -0.05) is 11.6 Å². The summed E-state index contributed by atoms with van der Waals surface area (Å²) in [6.07, 6.45) is 2.55. The van der Waals surface area contributed by atoms with Crippen LogP contribution >= 0.6 is 11.6 Å². The highest BCUT2D eigenvalue weighted by Crippen LogP contribution is 2.26. The second-order valence-corrected chi connectivity index (χ2v) is 3.80. The molecule has 0 fully saturated rings. The first-order valence-corrected chi connectivity index (χ1v) is 5.25. The third-order valence-corrected chi connectivity index (χ3v) is 2.38. The Morgan fingerprint density at radius 1 is 1.28 bits per heavy atom. The number of carboxylic acids is 1. The third kappa shape index (κ3) is 2.75. The van der Waals surface area contributed by atoms with Crippen molar-refractivity contribution >= 4 is 17.6 Å². The van der Waals surface area contributed by atoms with Crippen LogP contribution in [0.1, 0.15) is 10.4 Å². The first kappa shape index (κ1) is 12.3. The molecule has 2 rings (SSSR count). The van der Waals surface area contributed by atoms with Gasteiger partial charge in [-0.3, -0.25) is 4.98 Å². The molecule has 0 saturated carbocycles. The van der Waals surface area contributed by atoms with Gasteiger partial charge in [-0.25, -0.2) is 9.18 Å². The average molecular weight is 268 g/mol. The molecule has 0 saturated heterocycles. The summed E-state index contributed by atoms with van der Waals surface area (Å²) in [6, 6.07) is 5.15. The number of carbonyl (C=O) groups is 1. The summed E-state index contributed by atoms with van der Waals surface area (Å²) < 4.78 is 18.3. The van der Waals surface area contributed by atoms with Gasteiger partial charge in [-0.15, -0.1) is 0 Å². The van der Waals surface area contributed by atoms with Crippen molar-refractivity contribution in [3.05, 3.63) is 53.1 Å². The fraction of sp³-hybridized carbons (Fsp3) is 0. The number of aromatic nitrogens is 1. The van der Waals surface area contributed by atoms with E-state index in [1.165, 1.54) is 30.6 Å². The maximum Gasteiger partial charge on any atom is 0.337 e. The molecule has 6 heteroatoms. The molecule has 1 aromatic carbocycles. The van der Waals surface area contributed by atoms with Gasteiger partial charge in [0.1, 0.15) is 17.3 Å². The molecular formula is C12H7ClFNO3. The number of hydrogen-bond donors (Lipinski definition) is 1. The lowest BCUT2D eigenvalue weighted by Gasteiger charge is -2.06. The standard InChI is InChI=1S/C12H7ClFNO3/c13-10-4-8(1-2-11(10)14)18-9-3-7(12(16)17)5-15-6-9/h1-6H,(H,16,17). The van der Waals surface area contributed by atoms with Crippen molar-refractivity contribution in [2.24, 2.45) is 0 Å². The second-order valence-electron chi connectivity index (χ2n) is 3.39. The molecule has 1 N–H and O–H groups in total. The molecule has 2 aromatic rings. The Bertz CT molecular complexity index is 604. The predicted molar refractivity (Wildman–Crippen MR) is 62.7 cm³/mol. The van der Waals surface area contributed by atoms with Crippen molar-refractivity contribution in [3.8, 4) is 11.5 Å². The molecule has 0 aliphatic heterocycles. The molecule has 0 aliphatic carbocycles. The van der Waals surface area contributed by atoms with Gasteiger partial charge < -0.3 is 9.84 Å². The van der Waals surface area contributed by atoms with E-state index >= 15 is 0 Å². The van der Waals surface area contributed by atoms with E-state index in [2.05, 4.69) is 4.98 Å². The Morgan fingerprint density at radius 3 is 2.72 bits per heavy atom. The predicted octanol–water partition coefficient (Wildman–Crippen LogP) is 3.36. The minimum Gasteiger partial charge on any atom is -0.478 e. The van der Waals surface area contributed by atoms with Crippen molar-refractivity contribution in [2.75, 3.05) is 0 Å². The van der Waals surface area contributed by atoms with Crippen LogP contribution in [0.3, 0.4) is 0 Å². The Hall–Kier alpha value is -2.14. The van der Waals surface area contributed by atoms with Gasteiger partial charge in [-0.2, -0.15) is 0 Å². The summed E-state index contributed by atoms with van der Waals surface area (Å²) >= 11 is 5.60. The van der Waals surface area contributed by atoms with Gasteiger partial charge in [0.25, 0.3) is 0 Å². The lowest BCUT2D eigenvalue weighted by atomic mass is 10.3. The topological polar surface area (TPSA) is 59.4 Å². The number of carboxylic acid groups (broad SMARTS) is 1. The number of benzene rings is 1. The molecule has 18 heavy (non-hydrogen) atoms. The van der Waals surface area contributed by atoms with Crippen LogP contribution in [0.25, 0.3) is 0 Å². The van der Waals surface area contributed by atoms with E-state index in [0.717, 1.165) is 6.07 Å². The van der Waals surface area contributed by atoms with E-state index in [1.54, 1.807) is 0 Å². The average Bonchev–Trinajstić information content (AvgIpc) is 2.34. The van der Waals surface area contributed by atoms with E-state index < -0.39 is 11.8 Å². The van der Waals surface area contributed by atoms with E-state index in [9.17, 15) is 9.18 Å². The first-order valence-electron chi connectivity index (χ1n) is 4.87. The summed E-state index contributed by atoms with van der Waals surface area (Å²) in [7, 11) is 0. The molecule has 0 atom stereocenters. The van der Waals surface area contributed by atoms with Crippen molar-refractivity contribution in [1.82, 2.24) is 4.98 Å². The van der Waals surface area contributed by atoms with Crippen LogP contribution in [0.2, 0.25) is 5.02 Å². The van der Waals surface area contributed by atoms with E-state index in [4.69, 9.17) is 21.4 Å². The van der Waals surface area contributed by atoms with Gasteiger partial charge in [0.05, 0.1) is 16.8 Å². The number of pyridine rings is 1. The lowest BCUT2D eigenvalue weighted by Crippen LogP contribution is -1.97. The van der Waals surface area contributed by atoms with Gasteiger partial charge in [0.15, 0.2) is 0 Å².